The van der Waals surface area contributed by atoms with E-state index in [1.54, 1.807) is 29.6 Å². The van der Waals surface area contributed by atoms with Crippen LogP contribution in [0, 0.1) is 0 Å². The summed E-state index contributed by atoms with van der Waals surface area (Å²) >= 11 is 7.35. The lowest BCUT2D eigenvalue weighted by Gasteiger charge is -2.12. The number of furan rings is 1. The highest BCUT2D eigenvalue weighted by atomic mass is 35.5. The Morgan fingerprint density at radius 2 is 2.18 bits per heavy atom. The van der Waals surface area contributed by atoms with Crippen molar-refractivity contribution in [1.82, 2.24) is 35.1 Å². The van der Waals surface area contributed by atoms with Gasteiger partial charge in [0.1, 0.15) is 0 Å². The SMILES string of the molecule is C[C@@H](NC(=O)c1nc(-c2ccoc2)cnc1N)c1nnc2sc(Nc3cccc(Cl)c3)nn12. The van der Waals surface area contributed by atoms with Crippen LogP contribution in [0.3, 0.4) is 0 Å². The molecule has 0 spiro atoms. The lowest BCUT2D eigenvalue weighted by molar-refractivity contribution is 0.0933. The molecule has 0 saturated heterocycles. The highest BCUT2D eigenvalue weighted by Gasteiger charge is 2.22. The van der Waals surface area contributed by atoms with Gasteiger partial charge in [-0.25, -0.2) is 9.97 Å². The summed E-state index contributed by atoms with van der Waals surface area (Å²) in [4.78, 5) is 21.9. The molecule has 5 aromatic rings. The fourth-order valence-electron chi connectivity index (χ4n) is 3.09. The number of nitrogens with zero attached hydrogens (tertiary/aromatic N) is 6. The van der Waals surface area contributed by atoms with Gasteiger partial charge in [0, 0.05) is 16.3 Å². The summed E-state index contributed by atoms with van der Waals surface area (Å²) in [6.07, 6.45) is 4.50. The van der Waals surface area contributed by atoms with Crippen molar-refractivity contribution in [3.05, 3.63) is 65.6 Å². The topological polar surface area (TPSA) is 149 Å². The van der Waals surface area contributed by atoms with Crippen LogP contribution in [-0.2, 0) is 0 Å². The third-order valence-electron chi connectivity index (χ3n) is 4.66. The molecule has 0 aliphatic heterocycles. The molecule has 1 amide bonds. The second kappa shape index (κ2) is 8.48. The maximum Gasteiger partial charge on any atom is 0.274 e. The van der Waals surface area contributed by atoms with Gasteiger partial charge in [-0.15, -0.1) is 15.3 Å². The number of halogens is 1. The molecule has 11 nitrogen and oxygen atoms in total. The summed E-state index contributed by atoms with van der Waals surface area (Å²) in [5.74, 6) is -0.0339. The largest absolute Gasteiger partial charge is 0.472 e. The number of aromatic nitrogens is 6. The number of carbonyl (C=O) groups is 1. The predicted molar refractivity (Wildman–Crippen MR) is 123 cm³/mol. The average Bonchev–Trinajstić information content (AvgIpc) is 3.51. The number of rotatable bonds is 6. The minimum Gasteiger partial charge on any atom is -0.472 e. The van der Waals surface area contributed by atoms with Gasteiger partial charge in [-0.2, -0.15) is 4.52 Å². The molecule has 4 aromatic heterocycles. The normalized spacial score (nSPS) is 12.1. The molecule has 0 radical (unpaired) electrons. The third kappa shape index (κ3) is 4.21. The van der Waals surface area contributed by atoms with Crippen molar-refractivity contribution in [2.24, 2.45) is 0 Å². The maximum absolute atomic E-state index is 12.9. The summed E-state index contributed by atoms with van der Waals surface area (Å²) in [5, 5.41) is 20.0. The molecule has 1 atom stereocenters. The number of nitrogen functional groups attached to an aromatic ring is 1. The van der Waals surface area contributed by atoms with Gasteiger partial charge in [-0.05, 0) is 31.2 Å². The number of hydrogen-bond donors (Lipinski definition) is 3. The van der Waals surface area contributed by atoms with Gasteiger partial charge < -0.3 is 20.8 Å². The number of carbonyl (C=O) groups excluding carboxylic acids is 1. The Balaban J connectivity index is 1.36. The van der Waals surface area contributed by atoms with E-state index in [0.717, 1.165) is 5.69 Å². The lowest BCUT2D eigenvalue weighted by atomic mass is 10.2. The van der Waals surface area contributed by atoms with Crippen LogP contribution in [-0.4, -0.2) is 35.7 Å². The molecule has 1 aromatic carbocycles. The number of nitrogens with two attached hydrogens (primary N) is 1. The van der Waals surface area contributed by atoms with E-state index >= 15 is 0 Å². The smallest absolute Gasteiger partial charge is 0.274 e. The van der Waals surface area contributed by atoms with E-state index in [9.17, 15) is 4.79 Å². The van der Waals surface area contributed by atoms with Crippen molar-refractivity contribution in [1.29, 1.82) is 0 Å². The molecule has 166 valence electrons. The molecule has 4 heterocycles. The number of hydrogen-bond acceptors (Lipinski definition) is 10. The Morgan fingerprint density at radius 3 is 2.97 bits per heavy atom. The first-order valence-corrected chi connectivity index (χ1v) is 10.9. The fraction of sp³-hybridized carbons (Fsp3) is 0.100. The summed E-state index contributed by atoms with van der Waals surface area (Å²) < 4.78 is 6.63. The van der Waals surface area contributed by atoms with Crippen LogP contribution in [0.15, 0.2) is 53.5 Å². The molecule has 0 bridgehead atoms. The van der Waals surface area contributed by atoms with Crippen LogP contribution in [0.2, 0.25) is 5.02 Å². The van der Waals surface area contributed by atoms with Crippen molar-refractivity contribution in [3.8, 4) is 11.3 Å². The second-order valence-corrected chi connectivity index (χ2v) is 8.38. The molecule has 0 saturated carbocycles. The zero-order valence-corrected chi connectivity index (χ0v) is 18.6. The van der Waals surface area contributed by atoms with Gasteiger partial charge in [0.05, 0.1) is 30.5 Å². The van der Waals surface area contributed by atoms with Crippen molar-refractivity contribution in [2.45, 2.75) is 13.0 Å². The van der Waals surface area contributed by atoms with Gasteiger partial charge in [-0.3, -0.25) is 4.79 Å². The summed E-state index contributed by atoms with van der Waals surface area (Å²) in [6.45, 7) is 1.77. The molecule has 0 aliphatic rings. The van der Waals surface area contributed by atoms with E-state index in [2.05, 4.69) is 35.9 Å². The molecule has 4 N–H and O–H groups in total. The quantitative estimate of drug-likeness (QED) is 0.329. The van der Waals surface area contributed by atoms with Gasteiger partial charge in [-0.1, -0.05) is 29.0 Å². The molecule has 0 aliphatic carbocycles. The minimum atomic E-state index is -0.535. The van der Waals surface area contributed by atoms with E-state index in [1.165, 1.54) is 30.1 Å². The number of amides is 1. The zero-order valence-electron chi connectivity index (χ0n) is 17.1. The monoisotopic (exact) mass is 481 g/mol. The van der Waals surface area contributed by atoms with Crippen molar-refractivity contribution in [2.75, 3.05) is 11.1 Å². The van der Waals surface area contributed by atoms with Gasteiger partial charge in [0.2, 0.25) is 10.1 Å². The van der Waals surface area contributed by atoms with E-state index < -0.39 is 11.9 Å². The predicted octanol–water partition coefficient (Wildman–Crippen LogP) is 3.71. The third-order valence-corrected chi connectivity index (χ3v) is 5.71. The van der Waals surface area contributed by atoms with Crippen LogP contribution in [0.5, 0.6) is 0 Å². The number of anilines is 3. The van der Waals surface area contributed by atoms with E-state index in [4.69, 9.17) is 21.8 Å². The molecule has 0 unspecified atom stereocenters. The van der Waals surface area contributed by atoms with Crippen molar-refractivity contribution < 1.29 is 9.21 Å². The highest BCUT2D eigenvalue weighted by molar-refractivity contribution is 7.20. The van der Waals surface area contributed by atoms with Gasteiger partial charge in [0.15, 0.2) is 17.3 Å². The first kappa shape index (κ1) is 20.8. The second-order valence-electron chi connectivity index (χ2n) is 6.99. The standard InChI is InChI=1S/C20H16ClN9O2S/c1-10(24-18(31)15-16(22)23-8-14(26-15)11-5-6-32-9-11)17-27-28-20-30(17)29-19(33-20)25-13-4-2-3-12(21)7-13/h2-10H,1H3,(H2,22,23)(H,24,31)(H,25,29)/t10-/m1/s1. The Kier molecular flexibility index (Phi) is 5.36. The average molecular weight is 482 g/mol. The van der Waals surface area contributed by atoms with E-state index in [-0.39, 0.29) is 11.5 Å². The van der Waals surface area contributed by atoms with Crippen LogP contribution in [0.25, 0.3) is 16.2 Å². The van der Waals surface area contributed by atoms with Crippen LogP contribution in [0.1, 0.15) is 29.3 Å². The first-order chi connectivity index (χ1) is 16.0. The molecule has 5 rings (SSSR count). The molecular weight excluding hydrogens is 466 g/mol. The van der Waals surface area contributed by atoms with Crippen LogP contribution in [0.4, 0.5) is 16.6 Å². The number of benzene rings is 1. The number of nitrogens with one attached hydrogen (secondary N) is 2. The minimum absolute atomic E-state index is 0.00268. The molecule has 33 heavy (non-hydrogen) atoms. The first-order valence-electron chi connectivity index (χ1n) is 9.68. The summed E-state index contributed by atoms with van der Waals surface area (Å²) in [7, 11) is 0. The number of fused-ring (bicyclic) bond motifs is 1. The summed E-state index contributed by atoms with van der Waals surface area (Å²) in [6, 6.07) is 8.47. The maximum atomic E-state index is 12.9. The fourth-order valence-corrected chi connectivity index (χ4v) is 4.04. The van der Waals surface area contributed by atoms with Crippen molar-refractivity contribution >= 4 is 50.4 Å². The van der Waals surface area contributed by atoms with Gasteiger partial charge >= 0.3 is 0 Å². The van der Waals surface area contributed by atoms with Crippen LogP contribution < -0.4 is 16.4 Å². The Bertz CT molecular complexity index is 1450. The van der Waals surface area contributed by atoms with E-state index in [0.29, 0.717) is 32.2 Å². The Labute approximate surface area is 195 Å². The Morgan fingerprint density at radius 1 is 1.30 bits per heavy atom. The highest BCUT2D eigenvalue weighted by Crippen LogP contribution is 2.26. The molecular formula is C20H16ClN9O2S. The zero-order chi connectivity index (χ0) is 22.9. The van der Waals surface area contributed by atoms with Crippen molar-refractivity contribution in [3.63, 3.8) is 0 Å². The Hall–Kier alpha value is -4.03. The van der Waals surface area contributed by atoms with Gasteiger partial charge in [0.25, 0.3) is 5.91 Å². The lowest BCUT2D eigenvalue weighted by Crippen LogP contribution is -2.30. The van der Waals surface area contributed by atoms with Crippen LogP contribution >= 0.6 is 22.9 Å². The molecule has 13 heteroatoms. The molecule has 0 fully saturated rings. The summed E-state index contributed by atoms with van der Waals surface area (Å²) in [5.41, 5.74) is 7.85. The van der Waals surface area contributed by atoms with E-state index in [1.807, 2.05) is 12.1 Å².